The Labute approximate surface area is 144 Å². The second-order valence-electron chi connectivity index (χ2n) is 7.82. The van der Waals surface area contributed by atoms with E-state index in [2.05, 4.69) is 57.1 Å². The number of likely N-dealkylation sites (tertiary alicyclic amines) is 2. The van der Waals surface area contributed by atoms with Gasteiger partial charge in [-0.25, -0.2) is 4.98 Å². The zero-order chi connectivity index (χ0) is 16.4. The Kier molecular flexibility index (Phi) is 4.42. The summed E-state index contributed by atoms with van der Waals surface area (Å²) >= 11 is 0. The zero-order valence-electron chi connectivity index (χ0n) is 14.6. The quantitative estimate of drug-likeness (QED) is 0.942. The minimum Gasteiger partial charge on any atom is -0.348 e. The summed E-state index contributed by atoms with van der Waals surface area (Å²) < 4.78 is 0. The van der Waals surface area contributed by atoms with E-state index in [1.54, 1.807) is 0 Å². The molecule has 2 fully saturated rings. The second kappa shape index (κ2) is 6.69. The van der Waals surface area contributed by atoms with Gasteiger partial charge in [0.15, 0.2) is 0 Å². The molecule has 4 rings (SSSR count). The summed E-state index contributed by atoms with van der Waals surface area (Å²) in [5.41, 5.74) is 2.01. The Morgan fingerprint density at radius 1 is 1.21 bits per heavy atom. The molecule has 2 aliphatic heterocycles. The molecule has 4 heteroatoms. The number of benzene rings is 1. The molecule has 2 aliphatic rings. The van der Waals surface area contributed by atoms with E-state index in [1.165, 1.54) is 51.0 Å². The van der Waals surface area contributed by atoms with Crippen molar-refractivity contribution in [2.24, 2.45) is 5.41 Å². The fourth-order valence-corrected chi connectivity index (χ4v) is 4.76. The largest absolute Gasteiger partial charge is 0.348 e. The number of likely N-dealkylation sites (N-methyl/N-ethyl adjacent to an activating group) is 1. The van der Waals surface area contributed by atoms with E-state index in [1.807, 2.05) is 12.4 Å². The van der Waals surface area contributed by atoms with Crippen LogP contribution >= 0.6 is 0 Å². The van der Waals surface area contributed by atoms with Gasteiger partial charge in [0.05, 0.1) is 6.54 Å². The van der Waals surface area contributed by atoms with Crippen LogP contribution < -0.4 is 0 Å². The molecule has 2 saturated heterocycles. The number of aromatic nitrogens is 2. The van der Waals surface area contributed by atoms with Gasteiger partial charge in [0.1, 0.15) is 5.82 Å². The van der Waals surface area contributed by atoms with Crippen LogP contribution in [0.4, 0.5) is 0 Å². The number of piperidine rings is 2. The highest BCUT2D eigenvalue weighted by Crippen LogP contribution is 2.44. The van der Waals surface area contributed by atoms with Crippen molar-refractivity contribution in [1.82, 2.24) is 19.8 Å². The minimum atomic E-state index is 0.493. The molecule has 1 aromatic heterocycles. The number of rotatable bonds is 3. The maximum Gasteiger partial charge on any atom is 0.120 e. The van der Waals surface area contributed by atoms with Gasteiger partial charge in [-0.3, -0.25) is 4.90 Å². The first-order valence-corrected chi connectivity index (χ1v) is 9.17. The SMILES string of the molecule is CN1C[C@@H](c2ccccc2)CC2(CCN(Cc3ncc[nH]3)CC2)C1. The lowest BCUT2D eigenvalue weighted by Crippen LogP contribution is -2.50. The molecule has 0 bridgehead atoms. The number of hydrogen-bond donors (Lipinski definition) is 1. The van der Waals surface area contributed by atoms with E-state index in [-0.39, 0.29) is 0 Å². The molecule has 0 unspecified atom stereocenters. The van der Waals surface area contributed by atoms with Crippen LogP contribution in [0, 0.1) is 5.41 Å². The van der Waals surface area contributed by atoms with Gasteiger partial charge >= 0.3 is 0 Å². The number of aromatic amines is 1. The van der Waals surface area contributed by atoms with Crippen molar-refractivity contribution in [3.63, 3.8) is 0 Å². The van der Waals surface area contributed by atoms with Crippen molar-refractivity contribution in [2.45, 2.75) is 31.7 Å². The van der Waals surface area contributed by atoms with E-state index < -0.39 is 0 Å². The highest BCUT2D eigenvalue weighted by Gasteiger charge is 2.41. The summed E-state index contributed by atoms with van der Waals surface area (Å²) in [6, 6.07) is 11.1. The average Bonchev–Trinajstić information content (AvgIpc) is 3.10. The predicted molar refractivity (Wildman–Crippen MR) is 96.8 cm³/mol. The van der Waals surface area contributed by atoms with Gasteiger partial charge in [-0.1, -0.05) is 30.3 Å². The zero-order valence-corrected chi connectivity index (χ0v) is 14.6. The highest BCUT2D eigenvalue weighted by atomic mass is 15.2. The number of H-pyrrole nitrogens is 1. The Hall–Kier alpha value is -1.65. The van der Waals surface area contributed by atoms with Crippen LogP contribution in [0.25, 0.3) is 0 Å². The highest BCUT2D eigenvalue weighted by molar-refractivity contribution is 5.21. The lowest BCUT2D eigenvalue weighted by atomic mass is 9.68. The van der Waals surface area contributed by atoms with Gasteiger partial charge in [-0.05, 0) is 56.3 Å². The third kappa shape index (κ3) is 3.40. The monoisotopic (exact) mass is 324 g/mol. The van der Waals surface area contributed by atoms with Crippen molar-refractivity contribution in [2.75, 3.05) is 33.2 Å². The molecule has 128 valence electrons. The Morgan fingerprint density at radius 2 is 2.00 bits per heavy atom. The lowest BCUT2D eigenvalue weighted by molar-refractivity contribution is 0.0212. The molecule has 2 aromatic rings. The lowest BCUT2D eigenvalue weighted by Gasteiger charge is -2.49. The first-order valence-electron chi connectivity index (χ1n) is 9.17. The Morgan fingerprint density at radius 3 is 2.71 bits per heavy atom. The van der Waals surface area contributed by atoms with E-state index in [9.17, 15) is 0 Å². The smallest absolute Gasteiger partial charge is 0.120 e. The van der Waals surface area contributed by atoms with Crippen molar-refractivity contribution in [3.8, 4) is 0 Å². The molecule has 1 aromatic carbocycles. The summed E-state index contributed by atoms with van der Waals surface area (Å²) in [6.45, 7) is 5.79. The molecule has 3 heterocycles. The van der Waals surface area contributed by atoms with E-state index >= 15 is 0 Å². The molecule has 0 amide bonds. The number of nitrogens with one attached hydrogen (secondary N) is 1. The topological polar surface area (TPSA) is 35.2 Å². The summed E-state index contributed by atoms with van der Waals surface area (Å²) in [5, 5.41) is 0. The molecule has 0 saturated carbocycles. The Bertz CT molecular complexity index is 629. The van der Waals surface area contributed by atoms with Gasteiger partial charge in [0.2, 0.25) is 0 Å². The van der Waals surface area contributed by atoms with Gasteiger partial charge in [-0.15, -0.1) is 0 Å². The maximum atomic E-state index is 4.37. The fraction of sp³-hybridized carbons (Fsp3) is 0.550. The second-order valence-corrected chi connectivity index (χ2v) is 7.82. The third-order valence-corrected chi connectivity index (χ3v) is 5.93. The van der Waals surface area contributed by atoms with Crippen molar-refractivity contribution in [1.29, 1.82) is 0 Å². The maximum absolute atomic E-state index is 4.37. The molecule has 4 nitrogen and oxygen atoms in total. The van der Waals surface area contributed by atoms with E-state index in [4.69, 9.17) is 0 Å². The molecule has 1 spiro atoms. The summed E-state index contributed by atoms with van der Waals surface area (Å²) in [5.74, 6) is 1.77. The number of nitrogens with zero attached hydrogens (tertiary/aromatic N) is 3. The van der Waals surface area contributed by atoms with Gasteiger partial charge in [0, 0.05) is 25.5 Å². The van der Waals surface area contributed by atoms with Crippen LogP contribution in [0.5, 0.6) is 0 Å². The van der Waals surface area contributed by atoms with Crippen LogP contribution in [0.2, 0.25) is 0 Å². The first-order chi connectivity index (χ1) is 11.7. The molecule has 0 radical (unpaired) electrons. The summed E-state index contributed by atoms with van der Waals surface area (Å²) in [6.07, 6.45) is 7.72. The normalized spacial score (nSPS) is 25.1. The minimum absolute atomic E-state index is 0.493. The molecular weight excluding hydrogens is 296 g/mol. The van der Waals surface area contributed by atoms with Gasteiger partial charge < -0.3 is 9.88 Å². The number of hydrogen-bond acceptors (Lipinski definition) is 3. The third-order valence-electron chi connectivity index (χ3n) is 5.93. The molecule has 0 aliphatic carbocycles. The molecule has 1 atom stereocenters. The van der Waals surface area contributed by atoms with Crippen LogP contribution in [-0.2, 0) is 6.54 Å². The van der Waals surface area contributed by atoms with Crippen LogP contribution in [0.15, 0.2) is 42.7 Å². The predicted octanol–water partition coefficient (Wildman–Crippen LogP) is 3.11. The van der Waals surface area contributed by atoms with Crippen LogP contribution in [0.1, 0.15) is 36.6 Å². The Balaban J connectivity index is 1.41. The van der Waals surface area contributed by atoms with Crippen molar-refractivity contribution < 1.29 is 0 Å². The average molecular weight is 324 g/mol. The van der Waals surface area contributed by atoms with Gasteiger partial charge in [0.25, 0.3) is 0 Å². The van der Waals surface area contributed by atoms with Crippen molar-refractivity contribution in [3.05, 3.63) is 54.1 Å². The fourth-order valence-electron chi connectivity index (χ4n) is 4.76. The standard InChI is InChI=1S/C20H28N4/c1-23-14-18(17-5-3-2-4-6-17)13-20(16-23)7-11-24(12-8-20)15-19-21-9-10-22-19/h2-6,9-10,18H,7-8,11-16H2,1H3,(H,21,22)/t18-/m0/s1. The number of imidazole rings is 1. The van der Waals surface area contributed by atoms with Crippen LogP contribution in [-0.4, -0.2) is 53.0 Å². The molecule has 1 N–H and O–H groups in total. The van der Waals surface area contributed by atoms with E-state index in [0.717, 1.165) is 12.4 Å². The van der Waals surface area contributed by atoms with Crippen LogP contribution in [0.3, 0.4) is 0 Å². The summed E-state index contributed by atoms with van der Waals surface area (Å²) in [7, 11) is 2.30. The summed E-state index contributed by atoms with van der Waals surface area (Å²) in [4.78, 5) is 12.7. The molecular formula is C20H28N4. The van der Waals surface area contributed by atoms with Gasteiger partial charge in [-0.2, -0.15) is 0 Å². The van der Waals surface area contributed by atoms with Crippen molar-refractivity contribution >= 4 is 0 Å². The molecule has 24 heavy (non-hydrogen) atoms. The van der Waals surface area contributed by atoms with E-state index in [0.29, 0.717) is 11.3 Å². The first kappa shape index (κ1) is 15.9.